The number of carbonyl (C=O) groups is 1. The van der Waals surface area contributed by atoms with Gasteiger partial charge in [0, 0.05) is 30.8 Å². The van der Waals surface area contributed by atoms with E-state index in [4.69, 9.17) is 23.2 Å². The monoisotopic (exact) mass is 444 g/mol. The van der Waals surface area contributed by atoms with Gasteiger partial charge in [-0.1, -0.05) is 59.6 Å². The van der Waals surface area contributed by atoms with Gasteiger partial charge in [-0.15, -0.1) is 0 Å². The molecule has 0 saturated carbocycles. The van der Waals surface area contributed by atoms with E-state index in [0.29, 0.717) is 34.5 Å². The quantitative estimate of drug-likeness (QED) is 0.461. The van der Waals surface area contributed by atoms with Crippen LogP contribution >= 0.6 is 23.2 Å². The third-order valence-corrected chi connectivity index (χ3v) is 5.73. The van der Waals surface area contributed by atoms with E-state index in [1.54, 1.807) is 11.6 Å². The molecule has 0 saturated heterocycles. The van der Waals surface area contributed by atoms with Gasteiger partial charge in [-0.2, -0.15) is 5.10 Å². The zero-order valence-corrected chi connectivity index (χ0v) is 18.7. The molecule has 0 spiro atoms. The van der Waals surface area contributed by atoms with E-state index in [0.717, 1.165) is 24.9 Å². The predicted octanol–water partition coefficient (Wildman–Crippen LogP) is 5.19. The molecule has 0 unspecified atom stereocenters. The van der Waals surface area contributed by atoms with Crippen LogP contribution in [0.25, 0.3) is 0 Å². The Morgan fingerprint density at radius 3 is 2.50 bits per heavy atom. The molecule has 30 heavy (non-hydrogen) atoms. The first-order valence-corrected chi connectivity index (χ1v) is 10.7. The fourth-order valence-corrected chi connectivity index (χ4v) is 3.80. The van der Waals surface area contributed by atoms with Gasteiger partial charge in [0.05, 0.1) is 17.8 Å². The maximum Gasteiger partial charge on any atom is 0.256 e. The van der Waals surface area contributed by atoms with Gasteiger partial charge >= 0.3 is 0 Å². The first-order valence-electron chi connectivity index (χ1n) is 9.98. The number of hydrogen-bond donors (Lipinski definition) is 1. The molecule has 0 aliphatic rings. The molecule has 0 radical (unpaired) electrons. The third-order valence-electron chi connectivity index (χ3n) is 4.97. The van der Waals surface area contributed by atoms with Crippen molar-refractivity contribution in [3.05, 3.63) is 81.6 Å². The van der Waals surface area contributed by atoms with Gasteiger partial charge in [-0.05, 0) is 43.5 Å². The van der Waals surface area contributed by atoms with Crippen LogP contribution in [-0.4, -0.2) is 35.8 Å². The lowest BCUT2D eigenvalue weighted by Crippen LogP contribution is -2.26. The molecule has 5 nitrogen and oxygen atoms in total. The summed E-state index contributed by atoms with van der Waals surface area (Å²) in [5.74, 6) is -0.195. The maximum atomic E-state index is 12.7. The summed E-state index contributed by atoms with van der Waals surface area (Å²) in [6.45, 7) is 3.72. The molecule has 1 aromatic heterocycles. The van der Waals surface area contributed by atoms with E-state index in [2.05, 4.69) is 34.5 Å². The molecule has 1 N–H and O–H groups in total. The van der Waals surface area contributed by atoms with Crippen molar-refractivity contribution in [2.24, 2.45) is 0 Å². The van der Waals surface area contributed by atoms with E-state index in [-0.39, 0.29) is 5.91 Å². The molecule has 0 fully saturated rings. The molecular formula is C23H26Cl2N4O. The third kappa shape index (κ3) is 5.55. The van der Waals surface area contributed by atoms with Crippen LogP contribution in [0.15, 0.2) is 54.6 Å². The second-order valence-corrected chi connectivity index (χ2v) is 7.99. The number of carbonyl (C=O) groups excluding carboxylic acids is 1. The van der Waals surface area contributed by atoms with Crippen LogP contribution in [0.2, 0.25) is 10.2 Å². The van der Waals surface area contributed by atoms with Crippen LogP contribution in [0.5, 0.6) is 0 Å². The van der Waals surface area contributed by atoms with E-state index >= 15 is 0 Å². The first kappa shape index (κ1) is 22.2. The summed E-state index contributed by atoms with van der Waals surface area (Å²) in [6, 6.07) is 17.8. The molecule has 2 aromatic carbocycles. The number of benzene rings is 2. The number of nitrogens with one attached hydrogen (secondary N) is 1. The summed E-state index contributed by atoms with van der Waals surface area (Å²) in [5, 5.41) is 8.36. The number of para-hydroxylation sites is 1. The Labute approximate surface area is 187 Å². The fourth-order valence-electron chi connectivity index (χ4n) is 3.28. The smallest absolute Gasteiger partial charge is 0.256 e. The highest BCUT2D eigenvalue weighted by Crippen LogP contribution is 2.23. The Balaban J connectivity index is 1.51. The van der Waals surface area contributed by atoms with Crippen molar-refractivity contribution in [2.45, 2.75) is 26.3 Å². The molecule has 1 heterocycles. The highest BCUT2D eigenvalue weighted by atomic mass is 35.5. The highest BCUT2D eigenvalue weighted by Gasteiger charge is 2.20. The largest absolute Gasteiger partial charge is 0.375 e. The van der Waals surface area contributed by atoms with Gasteiger partial charge < -0.3 is 10.2 Å². The summed E-state index contributed by atoms with van der Waals surface area (Å²) >= 11 is 12.7. The number of aromatic nitrogens is 2. The van der Waals surface area contributed by atoms with E-state index in [9.17, 15) is 4.79 Å². The number of halogens is 2. The highest BCUT2D eigenvalue weighted by molar-refractivity contribution is 6.33. The summed E-state index contributed by atoms with van der Waals surface area (Å²) < 4.78 is 1.61. The Bertz CT molecular complexity index is 988. The van der Waals surface area contributed by atoms with Crippen molar-refractivity contribution in [3.63, 3.8) is 0 Å². The number of anilines is 1. The summed E-state index contributed by atoms with van der Waals surface area (Å²) in [6.07, 6.45) is 1.86. The van der Waals surface area contributed by atoms with Crippen LogP contribution in [0, 0.1) is 6.92 Å². The van der Waals surface area contributed by atoms with E-state index in [1.165, 1.54) is 5.69 Å². The van der Waals surface area contributed by atoms with Crippen LogP contribution in [0.3, 0.4) is 0 Å². The lowest BCUT2D eigenvalue weighted by atomic mass is 10.2. The van der Waals surface area contributed by atoms with Gasteiger partial charge in [0.2, 0.25) is 0 Å². The Hall–Kier alpha value is -2.50. The average Bonchev–Trinajstić information content (AvgIpc) is 3.02. The Kier molecular flexibility index (Phi) is 7.77. The van der Waals surface area contributed by atoms with Crippen molar-refractivity contribution >= 4 is 34.8 Å². The number of aryl methyl sites for hydroxylation is 1. The number of hydrogen-bond acceptors (Lipinski definition) is 3. The molecule has 3 aromatic rings. The average molecular weight is 445 g/mol. The van der Waals surface area contributed by atoms with Crippen molar-refractivity contribution in [2.75, 3.05) is 25.0 Å². The predicted molar refractivity (Wildman–Crippen MR) is 124 cm³/mol. The normalized spacial score (nSPS) is 10.8. The number of rotatable bonds is 9. The van der Waals surface area contributed by atoms with Crippen LogP contribution in [-0.2, 0) is 6.54 Å². The van der Waals surface area contributed by atoms with Crippen LogP contribution in [0.4, 0.5) is 5.69 Å². The van der Waals surface area contributed by atoms with Crippen LogP contribution in [0.1, 0.15) is 34.5 Å². The van der Waals surface area contributed by atoms with Gasteiger partial charge in [0.25, 0.3) is 5.91 Å². The molecule has 0 atom stereocenters. The van der Waals surface area contributed by atoms with Crippen LogP contribution < -0.4 is 10.2 Å². The molecule has 0 aliphatic heterocycles. The number of nitrogens with zero attached hydrogens (tertiary/aromatic N) is 3. The zero-order valence-electron chi connectivity index (χ0n) is 17.2. The maximum absolute atomic E-state index is 12.7. The molecule has 1 amide bonds. The van der Waals surface area contributed by atoms with Gasteiger partial charge in [0.15, 0.2) is 0 Å². The lowest BCUT2D eigenvalue weighted by Gasteiger charge is -2.19. The first-order chi connectivity index (χ1) is 14.5. The summed E-state index contributed by atoms with van der Waals surface area (Å²) in [7, 11) is 2.07. The molecule has 158 valence electrons. The van der Waals surface area contributed by atoms with Crippen molar-refractivity contribution in [1.29, 1.82) is 0 Å². The standard InChI is InChI=1S/C23H26Cl2N4O/c1-17-21(22(25)29(27-17)16-18-10-6-7-13-20(18)24)23(30)26-14-8-9-15-28(2)19-11-4-3-5-12-19/h3-7,10-13H,8-9,14-16H2,1-2H3,(H,26,30). The van der Waals surface area contributed by atoms with Crippen molar-refractivity contribution < 1.29 is 4.79 Å². The minimum Gasteiger partial charge on any atom is -0.375 e. The van der Waals surface area contributed by atoms with E-state index < -0.39 is 0 Å². The minimum atomic E-state index is -0.195. The SMILES string of the molecule is Cc1nn(Cc2ccccc2Cl)c(Cl)c1C(=O)NCCCCN(C)c1ccccc1. The Morgan fingerprint density at radius 2 is 1.77 bits per heavy atom. The molecule has 3 rings (SSSR count). The molecule has 7 heteroatoms. The second-order valence-electron chi connectivity index (χ2n) is 7.22. The fraction of sp³-hybridized carbons (Fsp3) is 0.304. The van der Waals surface area contributed by atoms with Gasteiger partial charge in [0.1, 0.15) is 5.15 Å². The second kappa shape index (κ2) is 10.5. The summed E-state index contributed by atoms with van der Waals surface area (Å²) in [4.78, 5) is 14.9. The van der Waals surface area contributed by atoms with Gasteiger partial charge in [-0.3, -0.25) is 4.79 Å². The minimum absolute atomic E-state index is 0.195. The van der Waals surface area contributed by atoms with Crippen molar-refractivity contribution in [3.8, 4) is 0 Å². The molecule has 0 bridgehead atoms. The zero-order chi connectivity index (χ0) is 21.5. The summed E-state index contributed by atoms with van der Waals surface area (Å²) in [5.41, 5.74) is 3.12. The topological polar surface area (TPSA) is 50.2 Å². The Morgan fingerprint density at radius 1 is 1.07 bits per heavy atom. The van der Waals surface area contributed by atoms with Gasteiger partial charge in [-0.25, -0.2) is 4.68 Å². The van der Waals surface area contributed by atoms with Crippen molar-refractivity contribution in [1.82, 2.24) is 15.1 Å². The number of amides is 1. The molecule has 0 aliphatic carbocycles. The molecular weight excluding hydrogens is 419 g/mol. The lowest BCUT2D eigenvalue weighted by molar-refractivity contribution is 0.0952. The number of unbranched alkanes of at least 4 members (excludes halogenated alkanes) is 1. The van der Waals surface area contributed by atoms with E-state index in [1.807, 2.05) is 42.5 Å².